The summed E-state index contributed by atoms with van der Waals surface area (Å²) >= 11 is 24.1. The van der Waals surface area contributed by atoms with Gasteiger partial charge in [0.05, 0.1) is 43.7 Å². The number of carbonyl (C=O) groups is 4. The minimum Gasteiger partial charge on any atom is -0.466 e. The fraction of sp³-hybridized carbons (Fsp3) is 0.444. The van der Waals surface area contributed by atoms with E-state index in [-0.39, 0.29) is 43.1 Å². The van der Waals surface area contributed by atoms with Crippen LogP contribution in [0, 0.1) is 5.92 Å². The second-order valence-corrected chi connectivity index (χ2v) is 8.12. The first-order valence-corrected chi connectivity index (χ1v) is 10.4. The van der Waals surface area contributed by atoms with Gasteiger partial charge >= 0.3 is 5.97 Å². The van der Waals surface area contributed by atoms with Gasteiger partial charge in [0.25, 0.3) is 11.8 Å². The summed E-state index contributed by atoms with van der Waals surface area (Å²) in [6.45, 7) is 2.21. The number of piperidine rings is 1. The van der Waals surface area contributed by atoms with E-state index < -0.39 is 24.3 Å². The quantitative estimate of drug-likeness (QED) is 0.283. The summed E-state index contributed by atoms with van der Waals surface area (Å²) in [5, 5.41) is -0.626. The van der Waals surface area contributed by atoms with Crippen LogP contribution in [0.5, 0.6) is 0 Å². The van der Waals surface area contributed by atoms with E-state index >= 15 is 0 Å². The Morgan fingerprint density at radius 3 is 1.86 bits per heavy atom. The van der Waals surface area contributed by atoms with Crippen molar-refractivity contribution in [1.29, 1.82) is 0 Å². The fourth-order valence-electron chi connectivity index (χ4n) is 3.40. The molecule has 0 aliphatic carbocycles. The molecule has 3 amide bonds. The predicted molar refractivity (Wildman–Crippen MR) is 108 cm³/mol. The van der Waals surface area contributed by atoms with E-state index in [1.807, 2.05) is 0 Å². The maximum Gasteiger partial charge on any atom is 0.309 e. The molecular weight excluding hydrogens is 466 g/mol. The van der Waals surface area contributed by atoms with Crippen LogP contribution in [-0.4, -0.2) is 59.7 Å². The van der Waals surface area contributed by atoms with E-state index in [9.17, 15) is 19.2 Å². The summed E-state index contributed by atoms with van der Waals surface area (Å²) < 4.78 is 5.00. The van der Waals surface area contributed by atoms with Crippen molar-refractivity contribution in [1.82, 2.24) is 9.80 Å². The van der Waals surface area contributed by atoms with Gasteiger partial charge in [0.1, 0.15) is 6.54 Å². The van der Waals surface area contributed by atoms with Gasteiger partial charge in [0.15, 0.2) is 0 Å². The third-order valence-electron chi connectivity index (χ3n) is 4.95. The Morgan fingerprint density at radius 2 is 1.41 bits per heavy atom. The molecule has 0 N–H and O–H groups in total. The zero-order chi connectivity index (χ0) is 21.5. The standard InChI is InChI=1S/C18H16Cl4N2O5/c1-2-29-18(28)8-3-5-23(6-4-8)9(25)7-24-16(26)10-11(17(24)27)13(20)15(22)14(21)12(10)19/h8H,2-7H2,1H3. The lowest BCUT2D eigenvalue weighted by Crippen LogP contribution is -2.46. The number of amides is 3. The molecule has 2 heterocycles. The Hall–Kier alpha value is -1.54. The van der Waals surface area contributed by atoms with E-state index in [1.54, 1.807) is 6.92 Å². The first-order chi connectivity index (χ1) is 13.7. The molecule has 0 saturated carbocycles. The second kappa shape index (κ2) is 8.68. The second-order valence-electron chi connectivity index (χ2n) is 6.61. The molecule has 0 aromatic heterocycles. The van der Waals surface area contributed by atoms with Crippen molar-refractivity contribution in [2.75, 3.05) is 26.2 Å². The van der Waals surface area contributed by atoms with Crippen molar-refractivity contribution in [2.24, 2.45) is 5.92 Å². The fourth-order valence-corrected chi connectivity index (χ4v) is 4.41. The Kier molecular flexibility index (Phi) is 6.63. The van der Waals surface area contributed by atoms with Crippen molar-refractivity contribution in [3.05, 3.63) is 31.2 Å². The molecule has 156 valence electrons. The first-order valence-electron chi connectivity index (χ1n) is 8.85. The number of imide groups is 1. The minimum atomic E-state index is -0.759. The van der Waals surface area contributed by atoms with Crippen LogP contribution in [0.3, 0.4) is 0 Å². The van der Waals surface area contributed by atoms with E-state index in [0.29, 0.717) is 32.5 Å². The number of ether oxygens (including phenoxy) is 1. The zero-order valence-corrected chi connectivity index (χ0v) is 18.3. The van der Waals surface area contributed by atoms with Gasteiger partial charge in [-0.25, -0.2) is 0 Å². The van der Waals surface area contributed by atoms with Crippen LogP contribution in [0.2, 0.25) is 20.1 Å². The Morgan fingerprint density at radius 1 is 0.931 bits per heavy atom. The van der Waals surface area contributed by atoms with Crippen molar-refractivity contribution in [3.63, 3.8) is 0 Å². The molecule has 0 unspecified atom stereocenters. The van der Waals surface area contributed by atoms with Crippen LogP contribution in [0.4, 0.5) is 0 Å². The van der Waals surface area contributed by atoms with E-state index in [1.165, 1.54) is 4.90 Å². The number of likely N-dealkylation sites (tertiary alicyclic amines) is 1. The molecule has 1 aromatic rings. The first kappa shape index (κ1) is 22.2. The molecule has 0 atom stereocenters. The van der Waals surface area contributed by atoms with Gasteiger partial charge in [0.2, 0.25) is 5.91 Å². The Labute approximate surface area is 186 Å². The summed E-state index contributed by atoms with van der Waals surface area (Å²) in [4.78, 5) is 52.1. The lowest BCUT2D eigenvalue weighted by molar-refractivity contribution is -0.151. The maximum atomic E-state index is 12.7. The number of carbonyl (C=O) groups excluding carboxylic acids is 4. The SMILES string of the molecule is CCOC(=O)C1CCN(C(=O)CN2C(=O)c3c(Cl)c(Cl)c(Cl)c(Cl)c3C2=O)CC1. The van der Waals surface area contributed by atoms with Crippen LogP contribution in [0.1, 0.15) is 40.5 Å². The molecule has 1 aromatic carbocycles. The molecule has 2 aliphatic rings. The molecule has 29 heavy (non-hydrogen) atoms. The number of nitrogens with zero attached hydrogens (tertiary/aromatic N) is 2. The van der Waals surface area contributed by atoms with Crippen molar-refractivity contribution in [2.45, 2.75) is 19.8 Å². The number of fused-ring (bicyclic) bond motifs is 1. The lowest BCUT2D eigenvalue weighted by Gasteiger charge is -2.31. The zero-order valence-electron chi connectivity index (χ0n) is 15.3. The van der Waals surface area contributed by atoms with Gasteiger partial charge in [-0.2, -0.15) is 0 Å². The summed E-state index contributed by atoms with van der Waals surface area (Å²) in [5.41, 5.74) is -0.324. The van der Waals surface area contributed by atoms with E-state index in [4.69, 9.17) is 51.1 Å². The summed E-state index contributed by atoms with van der Waals surface area (Å²) in [6, 6.07) is 0. The van der Waals surface area contributed by atoms with Gasteiger partial charge in [-0.15, -0.1) is 0 Å². The van der Waals surface area contributed by atoms with Gasteiger partial charge < -0.3 is 9.64 Å². The van der Waals surface area contributed by atoms with Gasteiger partial charge in [0, 0.05) is 13.1 Å². The molecule has 7 nitrogen and oxygen atoms in total. The van der Waals surface area contributed by atoms with Crippen LogP contribution in [-0.2, 0) is 14.3 Å². The average Bonchev–Trinajstić information content (AvgIpc) is 2.95. The largest absolute Gasteiger partial charge is 0.466 e. The number of rotatable bonds is 4. The van der Waals surface area contributed by atoms with Crippen molar-refractivity contribution in [3.8, 4) is 0 Å². The van der Waals surface area contributed by atoms with Gasteiger partial charge in [-0.3, -0.25) is 24.1 Å². The van der Waals surface area contributed by atoms with Crippen LogP contribution in [0.25, 0.3) is 0 Å². The van der Waals surface area contributed by atoms with Crippen LogP contribution < -0.4 is 0 Å². The maximum absolute atomic E-state index is 12.7. The highest BCUT2D eigenvalue weighted by Crippen LogP contribution is 2.44. The number of halogens is 4. The van der Waals surface area contributed by atoms with Crippen molar-refractivity contribution < 1.29 is 23.9 Å². The third kappa shape index (κ3) is 3.93. The Balaban J connectivity index is 1.72. The molecule has 11 heteroatoms. The molecule has 1 fully saturated rings. The Bertz CT molecular complexity index is 865. The molecule has 2 aliphatic heterocycles. The van der Waals surface area contributed by atoms with Gasteiger partial charge in [-0.1, -0.05) is 46.4 Å². The van der Waals surface area contributed by atoms with E-state index in [0.717, 1.165) is 4.90 Å². The number of hydrogen-bond acceptors (Lipinski definition) is 5. The third-order valence-corrected chi connectivity index (χ3v) is 6.75. The molecular formula is C18H16Cl4N2O5. The molecule has 1 saturated heterocycles. The monoisotopic (exact) mass is 480 g/mol. The molecule has 3 rings (SSSR count). The molecule has 0 spiro atoms. The van der Waals surface area contributed by atoms with Gasteiger partial charge in [-0.05, 0) is 19.8 Å². The number of hydrogen-bond donors (Lipinski definition) is 0. The highest BCUT2D eigenvalue weighted by molar-refractivity contribution is 6.55. The summed E-state index contributed by atoms with van der Waals surface area (Å²) in [5.74, 6) is -2.49. The smallest absolute Gasteiger partial charge is 0.309 e. The highest BCUT2D eigenvalue weighted by Gasteiger charge is 2.43. The summed E-state index contributed by atoms with van der Waals surface area (Å²) in [6.07, 6.45) is 0.908. The van der Waals surface area contributed by atoms with Crippen LogP contribution >= 0.6 is 46.4 Å². The van der Waals surface area contributed by atoms with E-state index in [2.05, 4.69) is 0 Å². The predicted octanol–water partition coefficient (Wildman–Crippen LogP) is 3.70. The molecule has 0 bridgehead atoms. The van der Waals surface area contributed by atoms with Crippen LogP contribution in [0.15, 0.2) is 0 Å². The number of esters is 1. The minimum absolute atomic E-state index is 0.132. The average molecular weight is 482 g/mol. The molecule has 0 radical (unpaired) electrons. The summed E-state index contributed by atoms with van der Waals surface area (Å²) in [7, 11) is 0. The highest BCUT2D eigenvalue weighted by atomic mass is 35.5. The number of benzene rings is 1. The van der Waals surface area contributed by atoms with Crippen molar-refractivity contribution >= 4 is 70.1 Å². The topological polar surface area (TPSA) is 84.0 Å². The lowest BCUT2D eigenvalue weighted by atomic mass is 9.97. The normalized spacial score (nSPS) is 17.0.